The first kappa shape index (κ1) is 19.5. The topological polar surface area (TPSA) is 79.8 Å². The van der Waals surface area contributed by atoms with Gasteiger partial charge in [0.15, 0.2) is 0 Å². The Hall–Kier alpha value is -3.80. The van der Waals surface area contributed by atoms with Crippen LogP contribution in [0.2, 0.25) is 0 Å². The Bertz CT molecular complexity index is 1190. The van der Waals surface area contributed by atoms with E-state index in [4.69, 9.17) is 0 Å². The molecule has 2 N–H and O–H groups in total. The summed E-state index contributed by atoms with van der Waals surface area (Å²) >= 11 is 0. The number of carbonyl (C=O) groups is 1. The van der Waals surface area contributed by atoms with E-state index in [2.05, 4.69) is 46.4 Å². The fourth-order valence-corrected chi connectivity index (χ4v) is 3.29. The number of amides is 1. The van der Waals surface area contributed by atoms with E-state index in [-0.39, 0.29) is 17.0 Å². The maximum absolute atomic E-state index is 12.7. The quantitative estimate of drug-likeness (QED) is 0.487. The zero-order valence-electron chi connectivity index (χ0n) is 17.2. The maximum Gasteiger partial charge on any atom is 0.275 e. The molecule has 6 heteroatoms. The maximum atomic E-state index is 12.7. The molecule has 0 aliphatic heterocycles. The van der Waals surface area contributed by atoms with Gasteiger partial charge in [0.1, 0.15) is 11.5 Å². The number of carbonyl (C=O) groups excluding carboxylic acids is 1. The highest BCUT2D eigenvalue weighted by Gasteiger charge is 2.19. The molecule has 4 rings (SSSR count). The summed E-state index contributed by atoms with van der Waals surface area (Å²) in [6, 6.07) is 17.6. The van der Waals surface area contributed by atoms with Gasteiger partial charge in [-0.1, -0.05) is 57.2 Å². The van der Waals surface area contributed by atoms with Gasteiger partial charge in [-0.2, -0.15) is 0 Å². The second-order valence-corrected chi connectivity index (χ2v) is 8.04. The zero-order chi connectivity index (χ0) is 21.1. The SMILES string of the molecule is CC(C)(C)c1ccccc1NC(=O)c1cnc(Nc2cccc3cccnc23)cn1. The standard InChI is InChI=1S/C24H23N5O/c1-24(2,3)17-10-4-5-11-18(17)29-23(30)20-14-27-21(15-26-20)28-19-12-6-8-16-9-7-13-25-22(16)19/h4-15H,1-3H3,(H,27,28)(H,29,30). The summed E-state index contributed by atoms with van der Waals surface area (Å²) < 4.78 is 0. The number of benzene rings is 2. The van der Waals surface area contributed by atoms with Gasteiger partial charge in [0, 0.05) is 17.3 Å². The van der Waals surface area contributed by atoms with Crippen LogP contribution < -0.4 is 10.6 Å². The van der Waals surface area contributed by atoms with Crippen LogP contribution in [0.25, 0.3) is 10.9 Å². The van der Waals surface area contributed by atoms with Crippen molar-refractivity contribution in [2.24, 2.45) is 0 Å². The Balaban J connectivity index is 1.52. The number of nitrogens with one attached hydrogen (secondary N) is 2. The average molecular weight is 397 g/mol. The van der Waals surface area contributed by atoms with Crippen LogP contribution in [0.1, 0.15) is 36.8 Å². The molecule has 0 radical (unpaired) electrons. The second kappa shape index (κ2) is 7.91. The van der Waals surface area contributed by atoms with Crippen LogP contribution in [0.3, 0.4) is 0 Å². The van der Waals surface area contributed by atoms with Crippen molar-refractivity contribution in [2.75, 3.05) is 10.6 Å². The van der Waals surface area contributed by atoms with Crippen LogP contribution in [0, 0.1) is 0 Å². The van der Waals surface area contributed by atoms with Crippen LogP contribution in [-0.4, -0.2) is 20.9 Å². The molecule has 0 fully saturated rings. The predicted molar refractivity (Wildman–Crippen MR) is 120 cm³/mol. The van der Waals surface area contributed by atoms with E-state index in [1.54, 1.807) is 12.4 Å². The van der Waals surface area contributed by atoms with Gasteiger partial charge >= 0.3 is 0 Å². The summed E-state index contributed by atoms with van der Waals surface area (Å²) in [6.07, 6.45) is 4.77. The molecular formula is C24H23N5O. The smallest absolute Gasteiger partial charge is 0.275 e. The Labute approximate surface area is 175 Å². The van der Waals surface area contributed by atoms with Crippen molar-refractivity contribution in [3.63, 3.8) is 0 Å². The van der Waals surface area contributed by atoms with E-state index in [1.165, 1.54) is 6.20 Å². The summed E-state index contributed by atoms with van der Waals surface area (Å²) in [5.41, 5.74) is 3.69. The van der Waals surface area contributed by atoms with Crippen LogP contribution >= 0.6 is 0 Å². The molecule has 0 spiro atoms. The molecule has 0 bridgehead atoms. The van der Waals surface area contributed by atoms with Crippen molar-refractivity contribution in [1.29, 1.82) is 0 Å². The van der Waals surface area contributed by atoms with Crippen molar-refractivity contribution in [1.82, 2.24) is 15.0 Å². The van der Waals surface area contributed by atoms with Crippen LogP contribution in [0.15, 0.2) is 73.2 Å². The van der Waals surface area contributed by atoms with Gasteiger partial charge in [-0.25, -0.2) is 9.97 Å². The fraction of sp³-hybridized carbons (Fsp3) is 0.167. The predicted octanol–water partition coefficient (Wildman–Crippen LogP) is 5.32. The Morgan fingerprint density at radius 2 is 1.60 bits per heavy atom. The molecule has 0 atom stereocenters. The monoisotopic (exact) mass is 397 g/mol. The molecule has 6 nitrogen and oxygen atoms in total. The molecule has 150 valence electrons. The van der Waals surface area contributed by atoms with Gasteiger partial charge in [0.25, 0.3) is 5.91 Å². The Morgan fingerprint density at radius 3 is 2.37 bits per heavy atom. The Morgan fingerprint density at radius 1 is 0.833 bits per heavy atom. The Kier molecular flexibility index (Phi) is 5.14. The van der Waals surface area contributed by atoms with Gasteiger partial charge in [0.05, 0.1) is 23.6 Å². The van der Waals surface area contributed by atoms with E-state index in [1.807, 2.05) is 54.6 Å². The third-order valence-corrected chi connectivity index (χ3v) is 4.76. The molecule has 2 aromatic carbocycles. The number of aromatic nitrogens is 3. The molecule has 2 heterocycles. The van der Waals surface area contributed by atoms with Crippen molar-refractivity contribution in [2.45, 2.75) is 26.2 Å². The lowest BCUT2D eigenvalue weighted by atomic mass is 9.86. The van der Waals surface area contributed by atoms with E-state index < -0.39 is 0 Å². The van der Waals surface area contributed by atoms with Crippen molar-refractivity contribution in [3.05, 3.63) is 84.4 Å². The number of anilines is 3. The van der Waals surface area contributed by atoms with E-state index >= 15 is 0 Å². The first-order valence-corrected chi connectivity index (χ1v) is 9.75. The molecule has 0 saturated heterocycles. The number of para-hydroxylation sites is 2. The molecule has 0 aliphatic carbocycles. The lowest BCUT2D eigenvalue weighted by Gasteiger charge is -2.22. The molecule has 0 aliphatic rings. The van der Waals surface area contributed by atoms with Crippen LogP contribution in [0.5, 0.6) is 0 Å². The second-order valence-electron chi connectivity index (χ2n) is 8.04. The van der Waals surface area contributed by atoms with Crippen molar-refractivity contribution in [3.8, 4) is 0 Å². The van der Waals surface area contributed by atoms with E-state index in [0.717, 1.165) is 27.8 Å². The molecule has 0 saturated carbocycles. The average Bonchev–Trinajstić information content (AvgIpc) is 2.74. The molecular weight excluding hydrogens is 374 g/mol. The summed E-state index contributed by atoms with van der Waals surface area (Å²) in [7, 11) is 0. The minimum atomic E-state index is -0.294. The summed E-state index contributed by atoms with van der Waals surface area (Å²) in [5.74, 6) is 0.248. The number of nitrogens with zero attached hydrogens (tertiary/aromatic N) is 3. The van der Waals surface area contributed by atoms with Crippen LogP contribution in [0.4, 0.5) is 17.2 Å². The highest BCUT2D eigenvalue weighted by Crippen LogP contribution is 2.29. The molecule has 0 unspecified atom stereocenters. The fourth-order valence-electron chi connectivity index (χ4n) is 3.29. The minimum absolute atomic E-state index is 0.0875. The van der Waals surface area contributed by atoms with Crippen molar-refractivity contribution < 1.29 is 4.79 Å². The number of pyridine rings is 1. The third-order valence-electron chi connectivity index (χ3n) is 4.76. The molecule has 4 aromatic rings. The lowest BCUT2D eigenvalue weighted by Crippen LogP contribution is -2.19. The normalized spacial score (nSPS) is 11.3. The van der Waals surface area contributed by atoms with Crippen LogP contribution in [-0.2, 0) is 5.41 Å². The van der Waals surface area contributed by atoms with Gasteiger partial charge in [-0.15, -0.1) is 0 Å². The minimum Gasteiger partial charge on any atom is -0.337 e. The highest BCUT2D eigenvalue weighted by atomic mass is 16.1. The van der Waals surface area contributed by atoms with Gasteiger partial charge < -0.3 is 10.6 Å². The third kappa shape index (κ3) is 4.12. The van der Waals surface area contributed by atoms with E-state index in [9.17, 15) is 4.79 Å². The highest BCUT2D eigenvalue weighted by molar-refractivity contribution is 6.03. The summed E-state index contributed by atoms with van der Waals surface area (Å²) in [4.78, 5) is 25.8. The number of fused-ring (bicyclic) bond motifs is 1. The molecule has 30 heavy (non-hydrogen) atoms. The number of rotatable bonds is 4. The lowest BCUT2D eigenvalue weighted by molar-refractivity contribution is 0.102. The number of hydrogen-bond donors (Lipinski definition) is 2. The van der Waals surface area contributed by atoms with Gasteiger partial charge in [-0.3, -0.25) is 9.78 Å². The van der Waals surface area contributed by atoms with E-state index in [0.29, 0.717) is 5.82 Å². The largest absolute Gasteiger partial charge is 0.337 e. The van der Waals surface area contributed by atoms with Gasteiger partial charge in [-0.05, 0) is 29.2 Å². The first-order chi connectivity index (χ1) is 14.4. The zero-order valence-corrected chi connectivity index (χ0v) is 17.2. The molecule has 1 amide bonds. The summed E-state index contributed by atoms with van der Waals surface area (Å²) in [6.45, 7) is 6.33. The number of hydrogen-bond acceptors (Lipinski definition) is 5. The van der Waals surface area contributed by atoms with Crippen molar-refractivity contribution >= 4 is 34.0 Å². The van der Waals surface area contributed by atoms with Gasteiger partial charge in [0.2, 0.25) is 0 Å². The molecule has 2 aromatic heterocycles. The summed E-state index contributed by atoms with van der Waals surface area (Å²) in [5, 5.41) is 7.21. The first-order valence-electron chi connectivity index (χ1n) is 9.75.